The zero-order valence-corrected chi connectivity index (χ0v) is 24.7. The van der Waals surface area contributed by atoms with E-state index in [0.29, 0.717) is 30.4 Å². The van der Waals surface area contributed by atoms with Crippen molar-refractivity contribution in [3.05, 3.63) is 127 Å². The Hall–Kier alpha value is -5.37. The molecule has 0 amide bonds. The molecule has 44 heavy (non-hydrogen) atoms. The molecular weight excluding hydrogens is 544 g/mol. The molecule has 0 radical (unpaired) electrons. The molecule has 8 heteroatoms. The van der Waals surface area contributed by atoms with E-state index in [1.807, 2.05) is 41.0 Å². The molecule has 0 aliphatic carbocycles. The summed E-state index contributed by atoms with van der Waals surface area (Å²) < 4.78 is 1.98. The van der Waals surface area contributed by atoms with E-state index in [9.17, 15) is 0 Å². The topological polar surface area (TPSA) is 88.1 Å². The van der Waals surface area contributed by atoms with Crippen LogP contribution in [0.5, 0.6) is 0 Å². The number of benzene rings is 4. The average Bonchev–Trinajstić information content (AvgIpc) is 3.50. The van der Waals surface area contributed by atoms with E-state index in [2.05, 4.69) is 87.9 Å². The van der Waals surface area contributed by atoms with Gasteiger partial charge < -0.3 is 20.9 Å². The number of hydrogen-bond donors (Lipinski definition) is 2. The zero-order valence-electron chi connectivity index (χ0n) is 24.7. The van der Waals surface area contributed by atoms with Crippen LogP contribution in [-0.4, -0.2) is 32.6 Å². The Bertz CT molecular complexity index is 1790. The molecule has 220 valence electrons. The highest BCUT2D eigenvalue weighted by Gasteiger charge is 2.21. The first-order valence-electron chi connectivity index (χ1n) is 15.3. The molecule has 3 N–H and O–H groups in total. The molecule has 0 spiro atoms. The van der Waals surface area contributed by atoms with Gasteiger partial charge >= 0.3 is 0 Å². The molecule has 3 heterocycles. The van der Waals surface area contributed by atoms with Crippen LogP contribution in [0.4, 0.5) is 28.8 Å². The van der Waals surface area contributed by atoms with Gasteiger partial charge in [-0.15, -0.1) is 0 Å². The zero-order chi connectivity index (χ0) is 29.7. The van der Waals surface area contributed by atoms with Crippen molar-refractivity contribution in [2.75, 3.05) is 33.9 Å². The van der Waals surface area contributed by atoms with Crippen LogP contribution in [0.1, 0.15) is 30.4 Å². The normalized spacial score (nSPS) is 13.2. The van der Waals surface area contributed by atoms with Gasteiger partial charge in [-0.05, 0) is 72.9 Å². The van der Waals surface area contributed by atoms with E-state index >= 15 is 0 Å². The highest BCUT2D eigenvalue weighted by Crippen LogP contribution is 2.31. The first-order valence-corrected chi connectivity index (χ1v) is 15.3. The largest absolute Gasteiger partial charge is 0.399 e. The quantitative estimate of drug-likeness (QED) is 0.173. The second kappa shape index (κ2) is 12.5. The highest BCUT2D eigenvalue weighted by atomic mass is 15.3. The molecule has 0 bridgehead atoms. The van der Waals surface area contributed by atoms with E-state index in [4.69, 9.17) is 20.7 Å². The third-order valence-corrected chi connectivity index (χ3v) is 8.10. The Morgan fingerprint density at radius 3 is 2.05 bits per heavy atom. The molecular formula is C36H36N8. The molecule has 6 aromatic rings. The Kier molecular flexibility index (Phi) is 7.78. The van der Waals surface area contributed by atoms with Crippen molar-refractivity contribution in [3.8, 4) is 5.69 Å². The predicted octanol–water partition coefficient (Wildman–Crippen LogP) is 7.34. The maximum absolute atomic E-state index is 6.17. The first-order chi connectivity index (χ1) is 21.7. The van der Waals surface area contributed by atoms with Gasteiger partial charge in [0.05, 0.1) is 5.69 Å². The third-order valence-electron chi connectivity index (χ3n) is 8.10. The number of nitrogens with one attached hydrogen (secondary N) is 1. The Morgan fingerprint density at radius 2 is 1.39 bits per heavy atom. The molecule has 1 fully saturated rings. The van der Waals surface area contributed by atoms with E-state index in [1.165, 1.54) is 36.1 Å². The molecule has 7 rings (SSSR count). The molecule has 0 saturated carbocycles. The van der Waals surface area contributed by atoms with E-state index in [-0.39, 0.29) is 0 Å². The summed E-state index contributed by atoms with van der Waals surface area (Å²) >= 11 is 0. The lowest BCUT2D eigenvalue weighted by molar-refractivity contribution is 0.578. The van der Waals surface area contributed by atoms with Crippen molar-refractivity contribution in [3.63, 3.8) is 0 Å². The molecule has 0 atom stereocenters. The van der Waals surface area contributed by atoms with Crippen LogP contribution in [-0.2, 0) is 13.1 Å². The number of imidazole rings is 1. The summed E-state index contributed by atoms with van der Waals surface area (Å²) in [5.74, 6) is 1.27. The van der Waals surface area contributed by atoms with Gasteiger partial charge in [-0.3, -0.25) is 4.57 Å². The van der Waals surface area contributed by atoms with Gasteiger partial charge in [0.1, 0.15) is 6.33 Å². The molecule has 1 aliphatic rings. The summed E-state index contributed by atoms with van der Waals surface area (Å²) in [7, 11) is 0. The van der Waals surface area contributed by atoms with Gasteiger partial charge in [0, 0.05) is 43.2 Å². The van der Waals surface area contributed by atoms with E-state index in [1.54, 1.807) is 6.33 Å². The van der Waals surface area contributed by atoms with Gasteiger partial charge in [-0.1, -0.05) is 66.7 Å². The number of nitrogen functional groups attached to an aromatic ring is 1. The molecule has 8 nitrogen and oxygen atoms in total. The molecule has 4 aromatic carbocycles. The number of nitrogens with zero attached hydrogens (tertiary/aromatic N) is 6. The predicted molar refractivity (Wildman–Crippen MR) is 180 cm³/mol. The van der Waals surface area contributed by atoms with Crippen molar-refractivity contribution >= 4 is 40.0 Å². The van der Waals surface area contributed by atoms with E-state index < -0.39 is 0 Å². The number of rotatable bonds is 9. The number of hydrogen-bond acceptors (Lipinski definition) is 7. The van der Waals surface area contributed by atoms with Crippen LogP contribution in [0.3, 0.4) is 0 Å². The fraction of sp³-hybridized carbons (Fsp3) is 0.194. The number of aromatic nitrogens is 4. The maximum Gasteiger partial charge on any atom is 0.231 e. The highest BCUT2D eigenvalue weighted by molar-refractivity contribution is 5.86. The lowest BCUT2D eigenvalue weighted by Crippen LogP contribution is -2.29. The third kappa shape index (κ3) is 6.06. The summed E-state index contributed by atoms with van der Waals surface area (Å²) in [6.07, 6.45) is 5.62. The van der Waals surface area contributed by atoms with Crippen LogP contribution >= 0.6 is 0 Å². The number of nitrogens with two attached hydrogens (primary N) is 1. The van der Waals surface area contributed by atoms with Gasteiger partial charge in [0.2, 0.25) is 5.95 Å². The lowest BCUT2D eigenvalue weighted by Gasteiger charge is -2.28. The van der Waals surface area contributed by atoms with Crippen molar-refractivity contribution in [1.82, 2.24) is 19.5 Å². The summed E-state index contributed by atoms with van der Waals surface area (Å²) in [5, 5.41) is 3.50. The van der Waals surface area contributed by atoms with Gasteiger partial charge in [-0.25, -0.2) is 4.98 Å². The van der Waals surface area contributed by atoms with Crippen molar-refractivity contribution < 1.29 is 0 Å². The molecule has 2 aromatic heterocycles. The van der Waals surface area contributed by atoms with Crippen LogP contribution in [0, 0.1) is 0 Å². The average molecular weight is 581 g/mol. The van der Waals surface area contributed by atoms with Gasteiger partial charge in [0.15, 0.2) is 17.0 Å². The number of fused-ring (bicyclic) bond motifs is 1. The smallest absolute Gasteiger partial charge is 0.231 e. The summed E-state index contributed by atoms with van der Waals surface area (Å²) in [4.78, 5) is 19.7. The number of anilines is 5. The van der Waals surface area contributed by atoms with Crippen LogP contribution < -0.4 is 20.9 Å². The maximum atomic E-state index is 6.17. The molecule has 1 saturated heterocycles. The number of piperidine rings is 1. The van der Waals surface area contributed by atoms with Crippen LogP contribution in [0.15, 0.2) is 116 Å². The minimum Gasteiger partial charge on any atom is -0.399 e. The fourth-order valence-corrected chi connectivity index (χ4v) is 5.88. The summed E-state index contributed by atoms with van der Waals surface area (Å²) in [5.41, 5.74) is 13.7. The van der Waals surface area contributed by atoms with Crippen LogP contribution in [0.2, 0.25) is 0 Å². The van der Waals surface area contributed by atoms with Crippen molar-refractivity contribution in [2.45, 2.75) is 32.4 Å². The van der Waals surface area contributed by atoms with E-state index in [0.717, 1.165) is 35.8 Å². The minimum atomic E-state index is 0.509. The van der Waals surface area contributed by atoms with Crippen LogP contribution in [0.25, 0.3) is 16.9 Å². The second-order valence-electron chi connectivity index (χ2n) is 11.3. The minimum absolute atomic E-state index is 0.509. The molecule has 1 aliphatic heterocycles. The second-order valence-corrected chi connectivity index (χ2v) is 11.3. The first kappa shape index (κ1) is 27.5. The Labute approximate surface area is 257 Å². The summed E-state index contributed by atoms with van der Waals surface area (Å²) in [6, 6.07) is 37.3. The lowest BCUT2D eigenvalue weighted by atomic mass is 10.1. The molecule has 0 unspecified atom stereocenters. The Morgan fingerprint density at radius 1 is 0.705 bits per heavy atom. The van der Waals surface area contributed by atoms with Crippen molar-refractivity contribution in [2.24, 2.45) is 0 Å². The SMILES string of the molecule is Nc1cccc(-n2cnc3c(N(Cc4ccccc4)Cc4ccccc4)nc(Nc4ccc(N5CCCCC5)cc4)nc32)c1. The van der Waals surface area contributed by atoms with Gasteiger partial charge in [0.25, 0.3) is 0 Å². The fourth-order valence-electron chi connectivity index (χ4n) is 5.88. The Balaban J connectivity index is 1.31. The van der Waals surface area contributed by atoms with Gasteiger partial charge in [-0.2, -0.15) is 9.97 Å². The standard InChI is InChI=1S/C36H36N8/c37-29-15-10-16-32(23-29)44-26-38-33-34(43(24-27-11-4-1-5-12-27)25-28-13-6-2-7-14-28)40-36(41-35(33)44)39-30-17-19-31(20-18-30)42-21-8-3-9-22-42/h1-2,4-7,10-20,23,26H,3,8-9,21-22,24-25,37H2,(H,39,40,41). The monoisotopic (exact) mass is 580 g/mol. The van der Waals surface area contributed by atoms with Crippen molar-refractivity contribution in [1.29, 1.82) is 0 Å². The summed E-state index contributed by atoms with van der Waals surface area (Å²) in [6.45, 7) is 3.55.